The molecule has 35 heavy (non-hydrogen) atoms. The highest BCUT2D eigenvalue weighted by Gasteiger charge is 2.69. The summed E-state index contributed by atoms with van der Waals surface area (Å²) in [5, 5.41) is 5.88. The molecule has 2 aliphatic carbocycles. The van der Waals surface area contributed by atoms with E-state index in [0.717, 1.165) is 0 Å². The maximum Gasteiger partial charge on any atom is 0.387 e. The highest BCUT2D eigenvalue weighted by Crippen LogP contribution is 2.65. The number of hydrogen-bond donors (Lipinski definition) is 4. The Morgan fingerprint density at radius 2 is 2.03 bits per heavy atom. The first-order chi connectivity index (χ1) is 16.8. The number of aromatic nitrogens is 2. The third-order valence-corrected chi connectivity index (χ3v) is 7.91. The number of nitrogens with zero attached hydrogens (tertiary/aromatic N) is 2. The minimum atomic E-state index is -3.04. The largest absolute Gasteiger partial charge is 0.429 e. The number of aryl methyl sites for hydroxylation is 1. The molecule has 2 aromatic rings. The average molecular weight is 492 g/mol. The molecular formula is C23H24F4N6O2. The smallest absolute Gasteiger partial charge is 0.387 e. The lowest BCUT2D eigenvalue weighted by atomic mass is 9.73. The van der Waals surface area contributed by atoms with E-state index in [1.807, 2.05) is 0 Å². The summed E-state index contributed by atoms with van der Waals surface area (Å²) >= 11 is 0. The Labute approximate surface area is 198 Å². The number of anilines is 2. The van der Waals surface area contributed by atoms with E-state index in [1.165, 1.54) is 18.3 Å². The van der Waals surface area contributed by atoms with Crippen LogP contribution in [-0.4, -0.2) is 40.9 Å². The van der Waals surface area contributed by atoms with E-state index in [-0.39, 0.29) is 35.2 Å². The zero-order valence-corrected chi connectivity index (χ0v) is 18.7. The predicted octanol–water partition coefficient (Wildman–Crippen LogP) is 3.01. The van der Waals surface area contributed by atoms with Crippen molar-refractivity contribution in [3.05, 3.63) is 41.6 Å². The Kier molecular flexibility index (Phi) is 5.15. The summed E-state index contributed by atoms with van der Waals surface area (Å²) in [5.74, 6) is -1.13. The van der Waals surface area contributed by atoms with Crippen LogP contribution in [0.3, 0.4) is 0 Å². The molecule has 1 saturated heterocycles. The number of rotatable bonds is 5. The van der Waals surface area contributed by atoms with Gasteiger partial charge in [-0.15, -0.1) is 0 Å². The number of hydrazine groups is 1. The molecule has 6 rings (SSSR count). The van der Waals surface area contributed by atoms with Gasteiger partial charge in [-0.05, 0) is 61.8 Å². The second kappa shape index (κ2) is 8.02. The van der Waals surface area contributed by atoms with Crippen LogP contribution in [0.2, 0.25) is 0 Å². The van der Waals surface area contributed by atoms with E-state index in [4.69, 9.17) is 0 Å². The van der Waals surface area contributed by atoms with Crippen LogP contribution in [0.25, 0.3) is 0 Å². The van der Waals surface area contributed by atoms with Crippen molar-refractivity contribution >= 4 is 17.4 Å². The number of carbonyl (C=O) groups excluding carboxylic acids is 1. The Hall–Kier alpha value is -2.99. The zero-order valence-electron chi connectivity index (χ0n) is 18.7. The number of nitrogens with one attached hydrogen (secondary N) is 4. The summed E-state index contributed by atoms with van der Waals surface area (Å²) in [4.78, 5) is 20.9. The van der Waals surface area contributed by atoms with Crippen molar-refractivity contribution in [2.24, 2.45) is 17.8 Å². The van der Waals surface area contributed by atoms with Gasteiger partial charge in [-0.25, -0.2) is 29.6 Å². The van der Waals surface area contributed by atoms with Crippen LogP contribution in [0.15, 0.2) is 24.4 Å². The van der Waals surface area contributed by atoms with Gasteiger partial charge in [-0.1, -0.05) is 0 Å². The van der Waals surface area contributed by atoms with Crippen molar-refractivity contribution in [2.45, 2.75) is 56.6 Å². The molecule has 1 aromatic carbocycles. The Morgan fingerprint density at radius 3 is 2.83 bits per heavy atom. The van der Waals surface area contributed by atoms with Crippen molar-refractivity contribution in [2.75, 3.05) is 10.6 Å². The summed E-state index contributed by atoms with van der Waals surface area (Å²) in [7, 11) is 0. The molecule has 5 unspecified atom stereocenters. The molecular weight excluding hydrogens is 468 g/mol. The summed E-state index contributed by atoms with van der Waals surface area (Å²) in [6.07, 6.45) is 1.09. The second-order valence-corrected chi connectivity index (χ2v) is 9.72. The summed E-state index contributed by atoms with van der Waals surface area (Å²) in [6, 6.07) is 3.68. The van der Waals surface area contributed by atoms with Crippen LogP contribution in [-0.2, 0) is 10.2 Å². The fourth-order valence-electron chi connectivity index (χ4n) is 6.26. The van der Waals surface area contributed by atoms with E-state index in [2.05, 4.69) is 36.2 Å². The fourth-order valence-corrected chi connectivity index (χ4v) is 6.26. The Bertz CT molecular complexity index is 1180. The minimum Gasteiger partial charge on any atom is -0.429 e. The van der Waals surface area contributed by atoms with E-state index >= 15 is 4.39 Å². The van der Waals surface area contributed by atoms with Gasteiger partial charge >= 0.3 is 6.61 Å². The number of halogens is 4. The van der Waals surface area contributed by atoms with Crippen LogP contribution < -0.4 is 26.2 Å². The number of fused-ring (bicyclic) bond motifs is 3. The van der Waals surface area contributed by atoms with Crippen molar-refractivity contribution in [1.29, 1.82) is 0 Å². The molecule has 3 heterocycles. The fraction of sp³-hybridized carbons (Fsp3) is 0.522. The summed E-state index contributed by atoms with van der Waals surface area (Å²) in [5.41, 5.74) is 6.36. The van der Waals surface area contributed by atoms with Crippen molar-refractivity contribution < 1.29 is 27.1 Å². The van der Waals surface area contributed by atoms with Gasteiger partial charge in [0.25, 0.3) is 0 Å². The maximum absolute atomic E-state index is 15.9. The van der Waals surface area contributed by atoms with Crippen LogP contribution in [0.4, 0.5) is 29.1 Å². The lowest BCUT2D eigenvalue weighted by molar-refractivity contribution is -0.118. The molecule has 4 N–H and O–H groups in total. The third kappa shape index (κ3) is 3.53. The molecule has 0 radical (unpaired) electrons. The molecule has 1 spiro atoms. The van der Waals surface area contributed by atoms with Gasteiger partial charge in [0.05, 0.1) is 23.8 Å². The van der Waals surface area contributed by atoms with Crippen LogP contribution >= 0.6 is 0 Å². The Morgan fingerprint density at radius 1 is 1.23 bits per heavy atom. The molecule has 2 saturated carbocycles. The molecule has 0 bridgehead atoms. The second-order valence-electron chi connectivity index (χ2n) is 9.72. The van der Waals surface area contributed by atoms with Crippen molar-refractivity contribution in [3.8, 4) is 5.75 Å². The van der Waals surface area contributed by atoms with Gasteiger partial charge in [-0.2, -0.15) is 8.78 Å². The molecule has 8 nitrogen and oxygen atoms in total. The minimum absolute atomic E-state index is 0.0951. The van der Waals surface area contributed by atoms with E-state index in [0.29, 0.717) is 36.3 Å². The van der Waals surface area contributed by atoms with E-state index in [9.17, 15) is 18.0 Å². The lowest BCUT2D eigenvalue weighted by Crippen LogP contribution is -2.48. The zero-order chi connectivity index (χ0) is 24.5. The number of alkyl halides is 3. The van der Waals surface area contributed by atoms with Crippen molar-refractivity contribution in [1.82, 2.24) is 20.8 Å². The van der Waals surface area contributed by atoms with Gasteiger partial charge in [-0.3, -0.25) is 4.79 Å². The van der Waals surface area contributed by atoms with Gasteiger partial charge in [0.2, 0.25) is 5.91 Å². The number of benzene rings is 1. The van der Waals surface area contributed by atoms with Gasteiger partial charge in [0.1, 0.15) is 17.8 Å². The number of amides is 1. The highest BCUT2D eigenvalue weighted by atomic mass is 19.3. The Balaban J connectivity index is 1.18. The van der Waals surface area contributed by atoms with Crippen LogP contribution in [0, 0.1) is 30.5 Å². The first-order valence-corrected chi connectivity index (χ1v) is 11.6. The summed E-state index contributed by atoms with van der Waals surface area (Å²) < 4.78 is 59.9. The predicted molar refractivity (Wildman–Crippen MR) is 117 cm³/mol. The van der Waals surface area contributed by atoms with E-state index < -0.39 is 36.2 Å². The van der Waals surface area contributed by atoms with Crippen LogP contribution in [0.5, 0.6) is 5.75 Å². The number of carbonyl (C=O) groups is 1. The molecule has 1 amide bonds. The monoisotopic (exact) mass is 492 g/mol. The summed E-state index contributed by atoms with van der Waals surface area (Å²) in [6.45, 7) is -1.41. The normalized spacial score (nSPS) is 35.1. The first-order valence-electron chi connectivity index (χ1n) is 11.6. The third-order valence-electron chi connectivity index (χ3n) is 7.91. The number of hydrogen-bond acceptors (Lipinski definition) is 7. The van der Waals surface area contributed by atoms with E-state index in [1.54, 1.807) is 13.0 Å². The molecule has 186 valence electrons. The topological polar surface area (TPSA) is 100 Å². The highest BCUT2D eigenvalue weighted by molar-refractivity contribution is 6.08. The first kappa shape index (κ1) is 22.5. The molecule has 2 aliphatic heterocycles. The molecule has 1 aromatic heterocycles. The van der Waals surface area contributed by atoms with Crippen molar-refractivity contribution in [3.63, 3.8) is 0 Å². The van der Waals surface area contributed by atoms with Crippen LogP contribution in [0.1, 0.15) is 30.7 Å². The standard InChI is InChI=1S/C23H24F4N6O2/c1-9-28-8-16(35-22(26)27)20(29-9)31-19-12-4-3-11(17(25)18(12)32-33-19)14-7-23(14)13-6-10(24)2-5-15(13)30-21(23)34/h2,5-6,8,11-12,14,17-19,22,32-33H,3-4,7H2,1H3,(H,30,34)(H,28,29,31)/t11?,12?,14-,17?,18?,19?,23-/m0/s1. The molecule has 4 aliphatic rings. The SMILES string of the molecule is Cc1ncc(OC(F)F)c(NC2NNC3C(F)C([C@@H]4C[C@@]45C(=O)Nc4ccc(F)cc45)CCC23)n1. The lowest BCUT2D eigenvalue weighted by Gasteiger charge is -2.37. The quantitative estimate of drug-likeness (QED) is 0.476. The maximum atomic E-state index is 15.9. The van der Waals surface area contributed by atoms with Gasteiger partial charge < -0.3 is 15.4 Å². The molecule has 12 heteroatoms. The van der Waals surface area contributed by atoms with Gasteiger partial charge in [0.15, 0.2) is 11.6 Å². The molecule has 7 atom stereocenters. The average Bonchev–Trinajstić information content (AvgIpc) is 3.33. The van der Waals surface area contributed by atoms with Gasteiger partial charge in [0, 0.05) is 11.6 Å². The molecule has 3 fully saturated rings. The number of ether oxygens (including phenoxy) is 1.